The van der Waals surface area contributed by atoms with Crippen LogP contribution in [0.15, 0.2) is 22.8 Å². The van der Waals surface area contributed by atoms with Gasteiger partial charge >= 0.3 is 0 Å². The van der Waals surface area contributed by atoms with Crippen molar-refractivity contribution in [2.75, 3.05) is 6.54 Å². The van der Waals surface area contributed by atoms with Crippen LogP contribution in [0.1, 0.15) is 53.4 Å². The summed E-state index contributed by atoms with van der Waals surface area (Å²) in [7, 11) is 0. The lowest BCUT2D eigenvalue weighted by atomic mass is 9.74. The molecule has 19 heavy (non-hydrogen) atoms. The summed E-state index contributed by atoms with van der Waals surface area (Å²) in [4.78, 5) is 12.0. The maximum Gasteiger partial charge on any atom is 0.262 e. The van der Waals surface area contributed by atoms with E-state index >= 15 is 0 Å². The second-order valence-electron chi connectivity index (χ2n) is 6.13. The monoisotopic (exact) mass is 260 g/mol. The molecule has 0 unspecified atom stereocenters. The van der Waals surface area contributed by atoms with Crippen molar-refractivity contribution in [2.45, 2.75) is 53.4 Å². The maximum absolute atomic E-state index is 12.0. The van der Waals surface area contributed by atoms with E-state index in [2.05, 4.69) is 39.1 Å². The molecule has 1 aliphatic rings. The van der Waals surface area contributed by atoms with E-state index in [1.165, 1.54) is 5.57 Å². The molecule has 104 valence electrons. The zero-order chi connectivity index (χ0) is 14.5. The first kappa shape index (κ1) is 15.5. The van der Waals surface area contributed by atoms with Gasteiger partial charge in [-0.1, -0.05) is 38.8 Å². The molecule has 0 bridgehead atoms. The van der Waals surface area contributed by atoms with Crippen LogP contribution in [0.4, 0.5) is 0 Å². The number of nitrogens with zero attached hydrogens (tertiary/aromatic N) is 1. The predicted octanol–water partition coefficient (Wildman–Crippen LogP) is 3.49. The quantitative estimate of drug-likeness (QED) is 0.478. The average Bonchev–Trinajstić information content (AvgIpc) is 2.27. The summed E-state index contributed by atoms with van der Waals surface area (Å²) >= 11 is 0. The first-order valence-corrected chi connectivity index (χ1v) is 6.98. The van der Waals surface area contributed by atoms with Crippen LogP contribution in [-0.2, 0) is 4.79 Å². The first-order valence-electron chi connectivity index (χ1n) is 6.98. The van der Waals surface area contributed by atoms with Gasteiger partial charge in [0.25, 0.3) is 5.91 Å². The van der Waals surface area contributed by atoms with Gasteiger partial charge < -0.3 is 5.32 Å². The number of amides is 1. The van der Waals surface area contributed by atoms with Gasteiger partial charge in [0.05, 0.1) is 0 Å². The molecule has 0 aromatic heterocycles. The zero-order valence-electron chi connectivity index (χ0n) is 12.5. The van der Waals surface area contributed by atoms with Gasteiger partial charge in [0.1, 0.15) is 11.6 Å². The molecule has 0 atom stereocenters. The predicted molar refractivity (Wildman–Crippen MR) is 77.3 cm³/mol. The second-order valence-corrected chi connectivity index (χ2v) is 6.13. The molecule has 0 radical (unpaired) electrons. The van der Waals surface area contributed by atoms with Gasteiger partial charge in [-0.2, -0.15) is 5.26 Å². The van der Waals surface area contributed by atoms with Crippen LogP contribution in [-0.4, -0.2) is 12.5 Å². The lowest BCUT2D eigenvalue weighted by Gasteiger charge is -2.30. The standard InChI is InChI=1S/C16H24N2O/c1-5-6-7-18-15(19)14(11-17)13-8-12(2)9-16(3,4)10-13/h8H,5-7,9-10H2,1-4H3,(H,18,19). The van der Waals surface area contributed by atoms with Gasteiger partial charge in [-0.05, 0) is 37.2 Å². The number of allylic oxidation sites excluding steroid dienone is 3. The largest absolute Gasteiger partial charge is 0.351 e. The number of unbranched alkanes of at least 4 members (excludes halogenated alkanes) is 1. The summed E-state index contributed by atoms with van der Waals surface area (Å²) in [6, 6.07) is 2.08. The summed E-state index contributed by atoms with van der Waals surface area (Å²) in [5, 5.41) is 12.1. The van der Waals surface area contributed by atoms with Gasteiger partial charge in [-0.25, -0.2) is 0 Å². The summed E-state index contributed by atoms with van der Waals surface area (Å²) in [6.07, 6.45) is 5.79. The van der Waals surface area contributed by atoms with Gasteiger partial charge in [-0.3, -0.25) is 4.79 Å². The molecule has 0 saturated carbocycles. The van der Waals surface area contributed by atoms with E-state index in [-0.39, 0.29) is 16.9 Å². The molecule has 1 N–H and O–H groups in total. The number of hydrogen-bond acceptors (Lipinski definition) is 2. The molecular formula is C16H24N2O. The Labute approximate surface area is 116 Å². The number of carbonyl (C=O) groups excluding carboxylic acids is 1. The van der Waals surface area contributed by atoms with E-state index in [0.29, 0.717) is 6.54 Å². The Bertz CT molecular complexity index is 450. The zero-order valence-corrected chi connectivity index (χ0v) is 12.5. The van der Waals surface area contributed by atoms with Crippen molar-refractivity contribution >= 4 is 5.91 Å². The minimum atomic E-state index is -0.229. The third kappa shape index (κ3) is 4.55. The van der Waals surface area contributed by atoms with Crippen LogP contribution in [0, 0.1) is 16.7 Å². The summed E-state index contributed by atoms with van der Waals surface area (Å²) in [5.41, 5.74) is 2.52. The molecule has 3 heteroatoms. The summed E-state index contributed by atoms with van der Waals surface area (Å²) in [5.74, 6) is -0.229. The smallest absolute Gasteiger partial charge is 0.262 e. The molecule has 0 fully saturated rings. The summed E-state index contributed by atoms with van der Waals surface area (Å²) in [6.45, 7) is 9.12. The molecule has 1 aliphatic carbocycles. The average molecular weight is 260 g/mol. The Balaban J connectivity index is 2.94. The van der Waals surface area contributed by atoms with E-state index < -0.39 is 0 Å². The molecule has 1 amide bonds. The lowest BCUT2D eigenvalue weighted by molar-refractivity contribution is -0.117. The first-order chi connectivity index (χ1) is 8.89. The third-order valence-corrected chi connectivity index (χ3v) is 3.32. The number of rotatable bonds is 4. The Morgan fingerprint density at radius 3 is 2.68 bits per heavy atom. The van der Waals surface area contributed by atoms with Crippen LogP contribution < -0.4 is 5.32 Å². The van der Waals surface area contributed by atoms with Gasteiger partial charge in [0.2, 0.25) is 0 Å². The van der Waals surface area contributed by atoms with Gasteiger partial charge in [0, 0.05) is 6.54 Å². The fourth-order valence-corrected chi connectivity index (χ4v) is 2.63. The number of nitrogens with one attached hydrogen (secondary N) is 1. The van der Waals surface area contributed by atoms with Crippen molar-refractivity contribution in [1.29, 1.82) is 5.26 Å². The topological polar surface area (TPSA) is 52.9 Å². The van der Waals surface area contributed by atoms with Crippen LogP contribution in [0.2, 0.25) is 0 Å². The van der Waals surface area contributed by atoms with Crippen LogP contribution in [0.25, 0.3) is 0 Å². The highest BCUT2D eigenvalue weighted by atomic mass is 16.1. The Kier molecular flexibility index (Phi) is 5.35. The van der Waals surface area contributed by atoms with Crippen molar-refractivity contribution in [3.05, 3.63) is 22.8 Å². The van der Waals surface area contributed by atoms with E-state index in [1.54, 1.807) is 0 Å². The van der Waals surface area contributed by atoms with Crippen molar-refractivity contribution in [2.24, 2.45) is 5.41 Å². The van der Waals surface area contributed by atoms with Crippen LogP contribution in [0.5, 0.6) is 0 Å². The lowest BCUT2D eigenvalue weighted by Crippen LogP contribution is -2.27. The highest BCUT2D eigenvalue weighted by Crippen LogP contribution is 2.38. The van der Waals surface area contributed by atoms with Crippen LogP contribution >= 0.6 is 0 Å². The molecule has 0 heterocycles. The van der Waals surface area contributed by atoms with E-state index in [0.717, 1.165) is 31.3 Å². The van der Waals surface area contributed by atoms with Crippen LogP contribution in [0.3, 0.4) is 0 Å². The third-order valence-electron chi connectivity index (χ3n) is 3.32. The van der Waals surface area contributed by atoms with Gasteiger partial charge in [-0.15, -0.1) is 0 Å². The normalized spacial score (nSPS) is 20.3. The fourth-order valence-electron chi connectivity index (χ4n) is 2.63. The number of carbonyl (C=O) groups is 1. The van der Waals surface area contributed by atoms with E-state index in [4.69, 9.17) is 0 Å². The van der Waals surface area contributed by atoms with Crippen molar-refractivity contribution < 1.29 is 4.79 Å². The molecule has 0 aliphatic heterocycles. The fraction of sp³-hybridized carbons (Fsp3) is 0.625. The molecule has 0 spiro atoms. The van der Waals surface area contributed by atoms with E-state index in [9.17, 15) is 10.1 Å². The minimum Gasteiger partial charge on any atom is -0.351 e. The highest BCUT2D eigenvalue weighted by molar-refractivity contribution is 5.98. The van der Waals surface area contributed by atoms with E-state index in [1.807, 2.05) is 6.08 Å². The molecular weight excluding hydrogens is 236 g/mol. The molecule has 3 nitrogen and oxygen atoms in total. The molecule has 0 aromatic rings. The summed E-state index contributed by atoms with van der Waals surface area (Å²) < 4.78 is 0. The number of hydrogen-bond donors (Lipinski definition) is 1. The Morgan fingerprint density at radius 1 is 1.47 bits per heavy atom. The van der Waals surface area contributed by atoms with Crippen molar-refractivity contribution in [3.63, 3.8) is 0 Å². The molecule has 0 aromatic carbocycles. The molecule has 1 rings (SSSR count). The maximum atomic E-state index is 12.0. The molecule has 0 saturated heterocycles. The van der Waals surface area contributed by atoms with Gasteiger partial charge in [0.15, 0.2) is 0 Å². The Morgan fingerprint density at radius 2 is 2.16 bits per heavy atom. The highest BCUT2D eigenvalue weighted by Gasteiger charge is 2.27. The second kappa shape index (κ2) is 6.56. The van der Waals surface area contributed by atoms with Crippen molar-refractivity contribution in [1.82, 2.24) is 5.32 Å². The Hall–Kier alpha value is -1.56. The SMILES string of the molecule is CCCCNC(=O)C(C#N)=C1C=C(C)CC(C)(C)C1. The minimum absolute atomic E-state index is 0.125. The van der Waals surface area contributed by atoms with Crippen molar-refractivity contribution in [3.8, 4) is 6.07 Å². The number of nitriles is 1.